The van der Waals surface area contributed by atoms with Gasteiger partial charge in [-0.1, -0.05) is 64.1 Å². The molecule has 0 amide bonds. The van der Waals surface area contributed by atoms with Crippen LogP contribution in [0, 0.1) is 0 Å². The average Bonchev–Trinajstić information content (AvgIpc) is 2.82. The van der Waals surface area contributed by atoms with Crippen LogP contribution in [0.3, 0.4) is 0 Å². The Balaban J connectivity index is 1.80. The maximum absolute atomic E-state index is 11.7. The van der Waals surface area contributed by atoms with Gasteiger partial charge in [0.1, 0.15) is 0 Å². The summed E-state index contributed by atoms with van der Waals surface area (Å²) in [4.78, 5) is 23.5. The zero-order valence-electron chi connectivity index (χ0n) is 22.9. The summed E-state index contributed by atoms with van der Waals surface area (Å²) in [6, 6.07) is 18.0. The predicted octanol–water partition coefficient (Wildman–Crippen LogP) is 8.02. The van der Waals surface area contributed by atoms with Crippen molar-refractivity contribution >= 4 is 33.5 Å². The molecule has 0 heterocycles. The van der Waals surface area contributed by atoms with Crippen molar-refractivity contribution in [2.75, 3.05) is 13.2 Å². The van der Waals surface area contributed by atoms with E-state index in [1.54, 1.807) is 0 Å². The monoisotopic (exact) mass is 490 g/mol. The van der Waals surface area contributed by atoms with Gasteiger partial charge in [-0.05, 0) is 95.2 Å². The molecule has 0 N–H and O–H groups in total. The smallest absolute Gasteiger partial charge is 0.305 e. The minimum Gasteiger partial charge on any atom is -0.466 e. The van der Waals surface area contributed by atoms with Crippen molar-refractivity contribution in [2.45, 2.75) is 90.9 Å². The first-order valence-corrected chi connectivity index (χ1v) is 13.4. The number of benzene rings is 3. The molecule has 0 atom stereocenters. The first kappa shape index (κ1) is 27.7. The third-order valence-electron chi connectivity index (χ3n) is 7.33. The molecule has 0 radical (unpaired) electrons. The summed E-state index contributed by atoms with van der Waals surface area (Å²) in [5.41, 5.74) is 2.51. The van der Waals surface area contributed by atoms with Crippen molar-refractivity contribution in [3.63, 3.8) is 0 Å². The second kappa shape index (κ2) is 11.9. The van der Waals surface area contributed by atoms with E-state index in [1.165, 1.54) is 32.7 Å². The van der Waals surface area contributed by atoms with Crippen LogP contribution in [0.15, 0.2) is 48.5 Å². The fourth-order valence-corrected chi connectivity index (χ4v) is 4.94. The van der Waals surface area contributed by atoms with E-state index in [0.29, 0.717) is 26.1 Å². The number of esters is 2. The number of rotatable bonds is 12. The Bertz CT molecular complexity index is 1110. The first-order valence-electron chi connectivity index (χ1n) is 13.4. The second-order valence-corrected chi connectivity index (χ2v) is 11.1. The van der Waals surface area contributed by atoms with Gasteiger partial charge in [-0.2, -0.15) is 0 Å². The molecule has 36 heavy (non-hydrogen) atoms. The highest BCUT2D eigenvalue weighted by atomic mass is 16.5. The molecule has 0 saturated heterocycles. The SMILES string of the molecule is CCOC(=O)CCCC(C)(C)c1ccc2cc3ccc(C(C)(C)CCCC(=O)OCC)cc3cc2c1. The largest absolute Gasteiger partial charge is 0.466 e. The van der Waals surface area contributed by atoms with Crippen LogP contribution >= 0.6 is 0 Å². The van der Waals surface area contributed by atoms with E-state index >= 15 is 0 Å². The summed E-state index contributed by atoms with van der Waals surface area (Å²) in [7, 11) is 0. The normalized spacial score (nSPS) is 12.2. The molecule has 3 rings (SSSR count). The zero-order chi connectivity index (χ0) is 26.3. The third kappa shape index (κ3) is 7.09. The van der Waals surface area contributed by atoms with Gasteiger partial charge in [-0.15, -0.1) is 0 Å². The van der Waals surface area contributed by atoms with Gasteiger partial charge in [0.15, 0.2) is 0 Å². The standard InChI is InChI=1S/C32H42O4/c1-7-35-29(33)11-9-17-31(3,4)27-15-13-23-19-24-14-16-28(22-26(24)20-25(23)21-27)32(5,6)18-10-12-30(34)36-8-2/h13-16,19-22H,7-12,17-18H2,1-6H3. The number of fused-ring (bicyclic) bond motifs is 2. The van der Waals surface area contributed by atoms with Crippen LogP contribution in [-0.2, 0) is 29.9 Å². The Morgan fingerprint density at radius 2 is 1.00 bits per heavy atom. The number of carbonyl (C=O) groups excluding carboxylic acids is 2. The van der Waals surface area contributed by atoms with Crippen molar-refractivity contribution in [2.24, 2.45) is 0 Å². The molecule has 0 fully saturated rings. The van der Waals surface area contributed by atoms with Crippen molar-refractivity contribution in [1.82, 2.24) is 0 Å². The van der Waals surface area contributed by atoms with E-state index in [4.69, 9.17) is 9.47 Å². The molecule has 0 unspecified atom stereocenters. The lowest BCUT2D eigenvalue weighted by Gasteiger charge is -2.26. The molecule has 194 valence electrons. The highest BCUT2D eigenvalue weighted by Crippen LogP contribution is 2.35. The van der Waals surface area contributed by atoms with Gasteiger partial charge in [0, 0.05) is 12.8 Å². The lowest BCUT2D eigenvalue weighted by Crippen LogP contribution is -2.18. The minimum atomic E-state index is -0.113. The van der Waals surface area contributed by atoms with Crippen LogP contribution in [0.1, 0.15) is 91.2 Å². The summed E-state index contributed by atoms with van der Waals surface area (Å²) >= 11 is 0. The topological polar surface area (TPSA) is 52.6 Å². The Labute approximate surface area is 216 Å². The van der Waals surface area contributed by atoms with Crippen LogP contribution in [0.2, 0.25) is 0 Å². The predicted molar refractivity (Wildman–Crippen MR) is 148 cm³/mol. The zero-order valence-corrected chi connectivity index (χ0v) is 22.9. The number of ether oxygens (including phenoxy) is 2. The van der Waals surface area contributed by atoms with Crippen molar-refractivity contribution in [3.8, 4) is 0 Å². The van der Waals surface area contributed by atoms with E-state index in [9.17, 15) is 9.59 Å². The van der Waals surface area contributed by atoms with Crippen LogP contribution in [-0.4, -0.2) is 25.2 Å². The van der Waals surface area contributed by atoms with Crippen LogP contribution in [0.25, 0.3) is 21.5 Å². The van der Waals surface area contributed by atoms with Crippen LogP contribution in [0.4, 0.5) is 0 Å². The van der Waals surface area contributed by atoms with Gasteiger partial charge in [0.2, 0.25) is 0 Å². The summed E-state index contributed by atoms with van der Waals surface area (Å²) < 4.78 is 10.2. The van der Waals surface area contributed by atoms with E-state index in [-0.39, 0.29) is 22.8 Å². The number of hydrogen-bond acceptors (Lipinski definition) is 4. The molecule has 4 heteroatoms. The van der Waals surface area contributed by atoms with Gasteiger partial charge >= 0.3 is 11.9 Å². The second-order valence-electron chi connectivity index (χ2n) is 11.1. The summed E-state index contributed by atoms with van der Waals surface area (Å²) in [5, 5.41) is 4.93. The maximum atomic E-state index is 11.7. The Hall–Kier alpha value is -2.88. The molecule has 0 aliphatic heterocycles. The molecule has 0 aliphatic carbocycles. The Kier molecular flexibility index (Phi) is 9.16. The molecular weight excluding hydrogens is 448 g/mol. The molecule has 4 nitrogen and oxygen atoms in total. The molecule has 0 saturated carbocycles. The fourth-order valence-electron chi connectivity index (χ4n) is 4.94. The molecule has 3 aromatic rings. The molecule has 3 aromatic carbocycles. The molecular formula is C32H42O4. The van der Waals surface area contributed by atoms with E-state index < -0.39 is 0 Å². The van der Waals surface area contributed by atoms with Gasteiger partial charge in [-0.25, -0.2) is 0 Å². The maximum Gasteiger partial charge on any atom is 0.305 e. The van der Waals surface area contributed by atoms with Crippen molar-refractivity contribution in [1.29, 1.82) is 0 Å². The van der Waals surface area contributed by atoms with Crippen molar-refractivity contribution < 1.29 is 19.1 Å². The third-order valence-corrected chi connectivity index (χ3v) is 7.33. The molecule has 0 spiro atoms. The minimum absolute atomic E-state index is 0.0294. The van der Waals surface area contributed by atoms with Crippen molar-refractivity contribution in [3.05, 3.63) is 59.7 Å². The van der Waals surface area contributed by atoms with Gasteiger partial charge in [0.05, 0.1) is 13.2 Å². The molecule has 0 bridgehead atoms. The highest BCUT2D eigenvalue weighted by Gasteiger charge is 2.23. The van der Waals surface area contributed by atoms with Gasteiger partial charge in [-0.3, -0.25) is 9.59 Å². The summed E-state index contributed by atoms with van der Waals surface area (Å²) in [6.45, 7) is 13.6. The van der Waals surface area contributed by atoms with Crippen LogP contribution in [0.5, 0.6) is 0 Å². The van der Waals surface area contributed by atoms with E-state index in [1.807, 2.05) is 13.8 Å². The summed E-state index contributed by atoms with van der Waals surface area (Å²) in [5.74, 6) is -0.226. The first-order chi connectivity index (χ1) is 17.1. The lowest BCUT2D eigenvalue weighted by molar-refractivity contribution is -0.144. The molecule has 0 aliphatic rings. The van der Waals surface area contributed by atoms with Gasteiger partial charge < -0.3 is 9.47 Å². The van der Waals surface area contributed by atoms with Gasteiger partial charge in [0.25, 0.3) is 0 Å². The molecule has 0 aromatic heterocycles. The Morgan fingerprint density at radius 1 is 0.611 bits per heavy atom. The van der Waals surface area contributed by atoms with E-state index in [0.717, 1.165) is 25.7 Å². The highest BCUT2D eigenvalue weighted by molar-refractivity contribution is 5.98. The average molecular weight is 491 g/mol. The number of hydrogen-bond donors (Lipinski definition) is 0. The van der Waals surface area contributed by atoms with Crippen LogP contribution < -0.4 is 0 Å². The number of carbonyl (C=O) groups is 2. The van der Waals surface area contributed by atoms with E-state index in [2.05, 4.69) is 76.2 Å². The fraction of sp³-hybridized carbons (Fsp3) is 0.500. The summed E-state index contributed by atoms with van der Waals surface area (Å²) in [6.07, 6.45) is 4.41. The Morgan fingerprint density at radius 3 is 1.39 bits per heavy atom. The lowest BCUT2D eigenvalue weighted by atomic mass is 9.78. The quantitative estimate of drug-likeness (QED) is 0.191.